The first-order chi connectivity index (χ1) is 11.6. The molecule has 24 heavy (non-hydrogen) atoms. The smallest absolute Gasteiger partial charge is 0.290 e. The molecule has 1 unspecified atom stereocenters. The Balaban J connectivity index is 1.73. The zero-order chi connectivity index (χ0) is 17.1. The lowest BCUT2D eigenvalue weighted by molar-refractivity contribution is -0.385. The molecule has 0 aromatic carbocycles. The van der Waals surface area contributed by atoms with E-state index in [-0.39, 0.29) is 5.69 Å². The van der Waals surface area contributed by atoms with E-state index in [2.05, 4.69) is 20.1 Å². The lowest BCUT2D eigenvalue weighted by Crippen LogP contribution is -2.39. The van der Waals surface area contributed by atoms with Crippen molar-refractivity contribution in [1.29, 1.82) is 0 Å². The summed E-state index contributed by atoms with van der Waals surface area (Å²) in [5.41, 5.74) is 0.670. The molecule has 3 rings (SSSR count). The first kappa shape index (κ1) is 16.1. The van der Waals surface area contributed by atoms with Crippen molar-refractivity contribution in [3.8, 4) is 0 Å². The van der Waals surface area contributed by atoms with Gasteiger partial charge in [-0.15, -0.1) is 5.10 Å². The summed E-state index contributed by atoms with van der Waals surface area (Å²) in [6.45, 7) is 3.48. The molecule has 0 bridgehead atoms. The van der Waals surface area contributed by atoms with Gasteiger partial charge in [-0.1, -0.05) is 0 Å². The third-order valence-electron chi connectivity index (χ3n) is 4.37. The Bertz CT molecular complexity index is 724. The largest absolute Gasteiger partial charge is 0.358 e. The lowest BCUT2D eigenvalue weighted by Gasteiger charge is -2.29. The second-order valence-electron chi connectivity index (χ2n) is 6.04. The molecule has 0 radical (unpaired) electrons. The van der Waals surface area contributed by atoms with Crippen molar-refractivity contribution in [2.75, 3.05) is 29.9 Å². The Hall–Kier alpha value is -2.77. The van der Waals surface area contributed by atoms with Crippen LogP contribution in [-0.4, -0.2) is 46.3 Å². The molecule has 1 aliphatic rings. The van der Waals surface area contributed by atoms with Gasteiger partial charge in [-0.25, -0.2) is 4.98 Å². The molecule has 0 N–H and O–H groups in total. The molecular weight excluding hydrogens is 308 g/mol. The number of likely N-dealkylation sites (N-methyl/N-ethyl adjacent to an activating group) is 1. The van der Waals surface area contributed by atoms with Crippen molar-refractivity contribution in [3.63, 3.8) is 0 Å². The van der Waals surface area contributed by atoms with Crippen LogP contribution < -0.4 is 9.80 Å². The number of aryl methyl sites for hydroxylation is 1. The summed E-state index contributed by atoms with van der Waals surface area (Å²) in [5.74, 6) is 1.63. The number of nitrogens with zero attached hydrogens (tertiary/aromatic N) is 6. The molecule has 8 nitrogen and oxygen atoms in total. The molecule has 1 atom stereocenters. The van der Waals surface area contributed by atoms with E-state index < -0.39 is 4.92 Å². The van der Waals surface area contributed by atoms with Gasteiger partial charge in [0.2, 0.25) is 0 Å². The van der Waals surface area contributed by atoms with Crippen molar-refractivity contribution in [1.82, 2.24) is 15.2 Å². The van der Waals surface area contributed by atoms with E-state index in [0.29, 0.717) is 11.6 Å². The molecule has 1 fully saturated rings. The number of rotatable bonds is 5. The Morgan fingerprint density at radius 2 is 2.33 bits per heavy atom. The van der Waals surface area contributed by atoms with Crippen molar-refractivity contribution >= 4 is 17.3 Å². The number of hydrogen-bond acceptors (Lipinski definition) is 7. The highest BCUT2D eigenvalue weighted by molar-refractivity contribution is 5.49. The van der Waals surface area contributed by atoms with Crippen LogP contribution in [0.2, 0.25) is 0 Å². The third-order valence-corrected chi connectivity index (χ3v) is 4.37. The van der Waals surface area contributed by atoms with Crippen LogP contribution in [0.1, 0.15) is 18.4 Å². The quantitative estimate of drug-likeness (QED) is 0.614. The maximum absolute atomic E-state index is 10.9. The summed E-state index contributed by atoms with van der Waals surface area (Å²) < 4.78 is 0. The van der Waals surface area contributed by atoms with Crippen LogP contribution in [-0.2, 0) is 0 Å². The fraction of sp³-hybridized carbons (Fsp3) is 0.438. The highest BCUT2D eigenvalue weighted by atomic mass is 16.6. The van der Waals surface area contributed by atoms with E-state index in [1.165, 1.54) is 6.20 Å². The van der Waals surface area contributed by atoms with Crippen LogP contribution >= 0.6 is 0 Å². The molecule has 8 heteroatoms. The SMILES string of the molecule is Cc1cc(N(C)CC2CCCN2c2cccnn2)ncc1[N+](=O)[O-]. The van der Waals surface area contributed by atoms with Crippen LogP contribution in [0, 0.1) is 17.0 Å². The third kappa shape index (κ3) is 3.27. The van der Waals surface area contributed by atoms with E-state index in [0.717, 1.165) is 37.6 Å². The van der Waals surface area contributed by atoms with Crippen LogP contribution in [0.5, 0.6) is 0 Å². The fourth-order valence-corrected chi connectivity index (χ4v) is 3.12. The predicted octanol–water partition coefficient (Wildman–Crippen LogP) is 2.19. The number of hydrogen-bond donors (Lipinski definition) is 0. The summed E-state index contributed by atoms with van der Waals surface area (Å²) in [6, 6.07) is 5.95. The van der Waals surface area contributed by atoms with Crippen molar-refractivity contribution in [3.05, 3.63) is 46.3 Å². The summed E-state index contributed by atoms with van der Waals surface area (Å²) in [4.78, 5) is 19.1. The standard InChI is InChI=1S/C16H20N6O2/c1-12-9-16(17-10-14(12)22(23)24)20(2)11-13-5-4-8-21(13)15-6-3-7-18-19-15/h3,6-7,9-10,13H,4-5,8,11H2,1-2H3. The molecule has 0 aliphatic carbocycles. The number of nitro groups is 1. The van der Waals surface area contributed by atoms with Gasteiger partial charge in [-0.2, -0.15) is 5.10 Å². The average molecular weight is 328 g/mol. The highest BCUT2D eigenvalue weighted by Crippen LogP contribution is 2.26. The molecule has 126 valence electrons. The maximum Gasteiger partial charge on any atom is 0.290 e. The highest BCUT2D eigenvalue weighted by Gasteiger charge is 2.27. The van der Waals surface area contributed by atoms with Gasteiger partial charge in [-0.05, 0) is 38.0 Å². The van der Waals surface area contributed by atoms with Crippen LogP contribution in [0.15, 0.2) is 30.6 Å². The molecule has 0 saturated carbocycles. The molecule has 1 aliphatic heterocycles. The van der Waals surface area contributed by atoms with Gasteiger partial charge in [-0.3, -0.25) is 10.1 Å². The van der Waals surface area contributed by atoms with Gasteiger partial charge in [0.05, 0.1) is 4.92 Å². The minimum absolute atomic E-state index is 0.0502. The summed E-state index contributed by atoms with van der Waals surface area (Å²) in [5, 5.41) is 19.1. The van der Waals surface area contributed by atoms with Gasteiger partial charge < -0.3 is 9.80 Å². The van der Waals surface area contributed by atoms with E-state index in [1.807, 2.05) is 24.1 Å². The first-order valence-electron chi connectivity index (χ1n) is 7.93. The summed E-state index contributed by atoms with van der Waals surface area (Å²) in [7, 11) is 1.96. The zero-order valence-electron chi connectivity index (χ0n) is 13.8. The van der Waals surface area contributed by atoms with E-state index in [4.69, 9.17) is 0 Å². The minimum atomic E-state index is -0.404. The second-order valence-corrected chi connectivity index (χ2v) is 6.04. The maximum atomic E-state index is 10.9. The average Bonchev–Trinajstić information content (AvgIpc) is 3.03. The van der Waals surface area contributed by atoms with Gasteiger partial charge in [0.1, 0.15) is 12.0 Å². The zero-order valence-corrected chi connectivity index (χ0v) is 13.8. The van der Waals surface area contributed by atoms with Gasteiger partial charge in [0.25, 0.3) is 5.69 Å². The molecule has 1 saturated heterocycles. The Labute approximate surface area is 140 Å². The van der Waals surface area contributed by atoms with Gasteiger partial charge in [0, 0.05) is 37.9 Å². The molecule has 3 heterocycles. The monoisotopic (exact) mass is 328 g/mol. The van der Waals surface area contributed by atoms with Gasteiger partial charge >= 0.3 is 0 Å². The molecule has 0 spiro atoms. The Kier molecular flexibility index (Phi) is 4.54. The summed E-state index contributed by atoms with van der Waals surface area (Å²) >= 11 is 0. The van der Waals surface area contributed by atoms with Crippen molar-refractivity contribution in [2.45, 2.75) is 25.8 Å². The van der Waals surface area contributed by atoms with Crippen LogP contribution in [0.4, 0.5) is 17.3 Å². The summed E-state index contributed by atoms with van der Waals surface area (Å²) in [6.07, 6.45) is 5.19. The van der Waals surface area contributed by atoms with Gasteiger partial charge in [0.15, 0.2) is 5.82 Å². The normalized spacial score (nSPS) is 17.1. The number of aromatic nitrogens is 3. The number of pyridine rings is 1. The second kappa shape index (κ2) is 6.77. The van der Waals surface area contributed by atoms with E-state index >= 15 is 0 Å². The van der Waals surface area contributed by atoms with E-state index in [1.54, 1.807) is 19.2 Å². The number of anilines is 2. The molecular formula is C16H20N6O2. The molecule has 2 aromatic heterocycles. The van der Waals surface area contributed by atoms with Crippen molar-refractivity contribution in [2.24, 2.45) is 0 Å². The molecule has 0 amide bonds. The lowest BCUT2D eigenvalue weighted by atomic mass is 10.2. The first-order valence-corrected chi connectivity index (χ1v) is 7.93. The fourth-order valence-electron chi connectivity index (χ4n) is 3.12. The van der Waals surface area contributed by atoms with Crippen molar-refractivity contribution < 1.29 is 4.92 Å². The van der Waals surface area contributed by atoms with Crippen LogP contribution in [0.3, 0.4) is 0 Å². The predicted molar refractivity (Wildman–Crippen MR) is 91.3 cm³/mol. The minimum Gasteiger partial charge on any atom is -0.358 e. The van der Waals surface area contributed by atoms with Crippen LogP contribution in [0.25, 0.3) is 0 Å². The Morgan fingerprint density at radius 1 is 1.50 bits per heavy atom. The Morgan fingerprint density at radius 3 is 3.00 bits per heavy atom. The molecule has 2 aromatic rings. The van der Waals surface area contributed by atoms with E-state index in [9.17, 15) is 10.1 Å². The topological polar surface area (TPSA) is 88.3 Å².